The Morgan fingerprint density at radius 2 is 1.70 bits per heavy atom. The van der Waals surface area contributed by atoms with E-state index >= 15 is 0 Å². The monoisotopic (exact) mass is 445 g/mol. The van der Waals surface area contributed by atoms with E-state index in [1.807, 2.05) is 48.5 Å². The number of nitrogens with zero attached hydrogens (tertiary/aromatic N) is 3. The predicted molar refractivity (Wildman–Crippen MR) is 122 cm³/mol. The lowest BCUT2D eigenvalue weighted by molar-refractivity contribution is 0.0995. The van der Waals surface area contributed by atoms with Crippen LogP contribution in [-0.4, -0.2) is 34.9 Å². The molecule has 9 heteroatoms. The fraction of sp³-hybridized carbons (Fsp3) is 0.208. The molecule has 5 rings (SSSR count). The van der Waals surface area contributed by atoms with Crippen molar-refractivity contribution in [2.24, 2.45) is 0 Å². The number of furan rings is 1. The maximum Gasteiger partial charge on any atom is 0.293 e. The largest absolute Gasteiger partial charge is 0.497 e. The summed E-state index contributed by atoms with van der Waals surface area (Å²) in [6.07, 6.45) is 2.18. The van der Waals surface area contributed by atoms with Gasteiger partial charge in [0, 0.05) is 0 Å². The van der Waals surface area contributed by atoms with Crippen LogP contribution in [0.25, 0.3) is 0 Å². The van der Waals surface area contributed by atoms with Crippen LogP contribution >= 0.6 is 0 Å². The zero-order chi connectivity index (χ0) is 22.8. The highest BCUT2D eigenvalue weighted by Crippen LogP contribution is 2.39. The fourth-order valence-corrected chi connectivity index (χ4v) is 3.96. The average molecular weight is 445 g/mol. The van der Waals surface area contributed by atoms with Crippen molar-refractivity contribution in [3.8, 4) is 11.5 Å². The lowest BCUT2D eigenvalue weighted by Gasteiger charge is -2.31. The number of fused-ring (bicyclic) bond motifs is 1. The van der Waals surface area contributed by atoms with E-state index in [0.29, 0.717) is 5.95 Å². The first-order chi connectivity index (χ1) is 16.1. The Morgan fingerprint density at radius 1 is 1.03 bits per heavy atom. The first-order valence-corrected chi connectivity index (χ1v) is 10.5. The Bertz CT molecular complexity index is 1230. The normalized spacial score (nSPS) is 17.0. The number of benzene rings is 2. The van der Waals surface area contributed by atoms with Crippen LogP contribution in [0.4, 0.5) is 11.9 Å². The van der Waals surface area contributed by atoms with Gasteiger partial charge in [0.25, 0.3) is 11.9 Å². The highest BCUT2D eigenvalue weighted by molar-refractivity contribution is 6.01. The van der Waals surface area contributed by atoms with Gasteiger partial charge < -0.3 is 19.2 Å². The highest BCUT2D eigenvalue weighted by atomic mass is 16.5. The van der Waals surface area contributed by atoms with Crippen molar-refractivity contribution < 1.29 is 18.7 Å². The van der Waals surface area contributed by atoms with Crippen LogP contribution in [0.3, 0.4) is 0 Å². The van der Waals surface area contributed by atoms with Crippen LogP contribution < -0.4 is 20.1 Å². The Hall–Kier alpha value is -4.27. The summed E-state index contributed by atoms with van der Waals surface area (Å²) >= 11 is 0. The number of ether oxygens (including phenoxy) is 2. The van der Waals surface area contributed by atoms with Gasteiger partial charge in [0.15, 0.2) is 5.76 Å². The number of rotatable bonds is 6. The van der Waals surface area contributed by atoms with E-state index in [-0.39, 0.29) is 23.8 Å². The van der Waals surface area contributed by atoms with Crippen molar-refractivity contribution in [3.63, 3.8) is 0 Å². The van der Waals surface area contributed by atoms with E-state index in [9.17, 15) is 4.79 Å². The van der Waals surface area contributed by atoms with Crippen molar-refractivity contribution in [2.45, 2.75) is 18.5 Å². The lowest BCUT2D eigenvalue weighted by atomic mass is 9.93. The molecule has 0 unspecified atom stereocenters. The summed E-state index contributed by atoms with van der Waals surface area (Å²) in [5.74, 6) is 2.14. The van der Waals surface area contributed by atoms with Gasteiger partial charge in [-0.15, -0.1) is 5.10 Å². The Kier molecular flexibility index (Phi) is 5.43. The number of hydrogen-bond donors (Lipinski definition) is 2. The number of amides is 1. The molecule has 0 saturated heterocycles. The molecule has 2 aromatic carbocycles. The Labute approximate surface area is 190 Å². The van der Waals surface area contributed by atoms with Crippen LogP contribution in [0.2, 0.25) is 0 Å². The van der Waals surface area contributed by atoms with Crippen LogP contribution in [0.5, 0.6) is 11.5 Å². The molecular weight excluding hydrogens is 422 g/mol. The van der Waals surface area contributed by atoms with E-state index in [1.54, 1.807) is 31.0 Å². The van der Waals surface area contributed by atoms with Crippen molar-refractivity contribution in [3.05, 3.63) is 83.8 Å². The quantitative estimate of drug-likeness (QED) is 0.456. The van der Waals surface area contributed by atoms with E-state index in [1.165, 1.54) is 6.26 Å². The van der Waals surface area contributed by atoms with Gasteiger partial charge in [0.2, 0.25) is 5.95 Å². The zero-order valence-corrected chi connectivity index (χ0v) is 18.2. The molecule has 2 atom stereocenters. The molecule has 0 radical (unpaired) electrons. The Morgan fingerprint density at radius 3 is 2.30 bits per heavy atom. The molecule has 0 bridgehead atoms. The number of anilines is 2. The van der Waals surface area contributed by atoms with Gasteiger partial charge in [0.1, 0.15) is 11.5 Å². The van der Waals surface area contributed by atoms with Gasteiger partial charge in [-0.3, -0.25) is 10.1 Å². The molecule has 0 aliphatic carbocycles. The van der Waals surface area contributed by atoms with Gasteiger partial charge >= 0.3 is 0 Å². The second-order valence-electron chi connectivity index (χ2n) is 7.63. The molecule has 1 amide bonds. The number of methoxy groups -OCH3 is 2. The third-order valence-corrected chi connectivity index (χ3v) is 5.68. The van der Waals surface area contributed by atoms with Crippen molar-refractivity contribution in [1.29, 1.82) is 0 Å². The summed E-state index contributed by atoms with van der Waals surface area (Å²) < 4.78 is 17.6. The molecule has 2 aromatic heterocycles. The maximum absolute atomic E-state index is 12.4. The molecule has 1 aliphatic rings. The van der Waals surface area contributed by atoms with Crippen molar-refractivity contribution in [1.82, 2.24) is 14.8 Å². The van der Waals surface area contributed by atoms with Crippen LogP contribution in [-0.2, 0) is 0 Å². The number of hydrogen-bond acceptors (Lipinski definition) is 7. The molecule has 3 heterocycles. The molecule has 9 nitrogen and oxygen atoms in total. The standard InChI is InChI=1S/C24H23N5O4/c1-31-17-9-5-15(6-10-17)19-14-20(16-7-11-18(32-2)12-8-16)29-24(25-19)27-23(28-29)26-22(30)21-4-3-13-33-21/h3-13,19-20H,14H2,1-2H3,(H2,25,26,27,28,30)/t19-,20+/m0/s1. The minimum Gasteiger partial charge on any atom is -0.497 e. The van der Waals surface area contributed by atoms with Crippen LogP contribution in [0.1, 0.15) is 40.2 Å². The third-order valence-electron chi connectivity index (χ3n) is 5.68. The number of carbonyl (C=O) groups is 1. The SMILES string of the molecule is COc1ccc([C@@H]2C[C@H](c3ccc(OC)cc3)n3nc(NC(=O)c4ccco4)nc3N2)cc1. The third kappa shape index (κ3) is 4.12. The molecule has 168 valence electrons. The minimum absolute atomic E-state index is 0.00617. The Balaban J connectivity index is 1.48. The smallest absolute Gasteiger partial charge is 0.293 e. The number of carbonyl (C=O) groups excluding carboxylic acids is 1. The first kappa shape index (κ1) is 20.6. The second-order valence-corrected chi connectivity index (χ2v) is 7.63. The van der Waals surface area contributed by atoms with Crippen LogP contribution in [0, 0.1) is 0 Å². The molecule has 0 spiro atoms. The average Bonchev–Trinajstić information content (AvgIpc) is 3.53. The molecule has 4 aromatic rings. The number of aromatic nitrogens is 3. The van der Waals surface area contributed by atoms with E-state index < -0.39 is 5.91 Å². The topological polar surface area (TPSA) is 103 Å². The first-order valence-electron chi connectivity index (χ1n) is 10.5. The van der Waals surface area contributed by atoms with Gasteiger partial charge in [-0.25, -0.2) is 4.68 Å². The molecular formula is C24H23N5O4. The zero-order valence-electron chi connectivity index (χ0n) is 18.2. The lowest BCUT2D eigenvalue weighted by Crippen LogP contribution is -2.28. The van der Waals surface area contributed by atoms with Crippen molar-refractivity contribution in [2.75, 3.05) is 24.9 Å². The van der Waals surface area contributed by atoms with Gasteiger partial charge in [-0.2, -0.15) is 4.98 Å². The molecule has 2 N–H and O–H groups in total. The summed E-state index contributed by atoms with van der Waals surface area (Å²) in [6, 6.07) is 19.0. The predicted octanol–water partition coefficient (Wildman–Crippen LogP) is 4.29. The highest BCUT2D eigenvalue weighted by Gasteiger charge is 2.31. The summed E-state index contributed by atoms with van der Waals surface area (Å²) in [4.78, 5) is 17.0. The van der Waals surface area contributed by atoms with Gasteiger partial charge in [0.05, 0.1) is 32.6 Å². The number of nitrogens with one attached hydrogen (secondary N) is 2. The molecule has 1 aliphatic heterocycles. The van der Waals surface area contributed by atoms with E-state index in [2.05, 4.69) is 20.7 Å². The van der Waals surface area contributed by atoms with Crippen LogP contribution in [0.15, 0.2) is 71.3 Å². The summed E-state index contributed by atoms with van der Waals surface area (Å²) in [6.45, 7) is 0. The van der Waals surface area contributed by atoms with Gasteiger partial charge in [-0.1, -0.05) is 24.3 Å². The molecule has 33 heavy (non-hydrogen) atoms. The van der Waals surface area contributed by atoms with Gasteiger partial charge in [-0.05, 0) is 53.9 Å². The molecule has 0 saturated carbocycles. The van der Waals surface area contributed by atoms with Crippen molar-refractivity contribution >= 4 is 17.8 Å². The second kappa shape index (κ2) is 8.70. The van der Waals surface area contributed by atoms with E-state index in [0.717, 1.165) is 29.0 Å². The van der Waals surface area contributed by atoms with E-state index in [4.69, 9.17) is 13.9 Å². The fourth-order valence-electron chi connectivity index (χ4n) is 3.96. The molecule has 0 fully saturated rings. The summed E-state index contributed by atoms with van der Waals surface area (Å²) in [5, 5.41) is 10.7. The summed E-state index contributed by atoms with van der Waals surface area (Å²) in [7, 11) is 3.29. The minimum atomic E-state index is -0.407. The maximum atomic E-state index is 12.4. The summed E-state index contributed by atoms with van der Waals surface area (Å²) in [5.41, 5.74) is 2.16.